The number of carbonyl (C=O) groups is 1. The van der Waals surface area contributed by atoms with Crippen LogP contribution in [0.25, 0.3) is 0 Å². The van der Waals surface area contributed by atoms with E-state index < -0.39 is 11.8 Å². The van der Waals surface area contributed by atoms with Crippen LogP contribution in [0.3, 0.4) is 0 Å². The van der Waals surface area contributed by atoms with Crippen molar-refractivity contribution in [2.45, 2.75) is 0 Å². The Morgan fingerprint density at radius 1 is 1.08 bits per heavy atom. The van der Waals surface area contributed by atoms with Gasteiger partial charge in [0, 0.05) is 10.2 Å². The van der Waals surface area contributed by atoms with E-state index in [-0.39, 0.29) is 22.8 Å². The first kappa shape index (κ1) is 17.6. The molecule has 0 saturated carbocycles. The second kappa shape index (κ2) is 7.36. The molecule has 0 radical (unpaired) electrons. The average Bonchev–Trinajstić information content (AvgIpc) is 2.61. The Bertz CT molecular complexity index is 966. The molecule has 0 spiro atoms. The summed E-state index contributed by atoms with van der Waals surface area (Å²) in [6, 6.07) is 10.7. The van der Waals surface area contributed by atoms with Crippen LogP contribution in [0.5, 0.6) is 0 Å². The molecule has 2 aromatic carbocycles. The number of aromatic nitrogens is 2. The minimum atomic E-state index is -1.01. The summed E-state index contributed by atoms with van der Waals surface area (Å²) in [4.78, 5) is 19.0. The highest BCUT2D eigenvalue weighted by atomic mass is 79.9. The fourth-order valence-corrected chi connectivity index (χ4v) is 2.48. The summed E-state index contributed by atoms with van der Waals surface area (Å²) in [6.07, 6.45) is 1.28. The second-order valence-electron chi connectivity index (χ2n) is 5.24. The quantitative estimate of drug-likeness (QED) is 0.493. The minimum absolute atomic E-state index is 0.166. The van der Waals surface area contributed by atoms with Crippen LogP contribution in [0.15, 0.2) is 53.3 Å². The van der Waals surface area contributed by atoms with Gasteiger partial charge in [-0.2, -0.15) is 0 Å². The zero-order valence-electron chi connectivity index (χ0n) is 13.2. The standard InChI is InChI=1S/C17H13BrFN5O2/c18-10-3-6-13(12(19)7-10)24-16-14(20)15(21-8-22-16)23-11-4-1-9(2-5-11)17(25)26/h1-8H,20H2,(H,25,26)(H2,21,22,23,24). The number of nitrogens with one attached hydrogen (secondary N) is 2. The molecule has 0 aliphatic rings. The van der Waals surface area contributed by atoms with E-state index in [4.69, 9.17) is 10.8 Å². The monoisotopic (exact) mass is 417 g/mol. The van der Waals surface area contributed by atoms with Gasteiger partial charge in [-0.25, -0.2) is 19.2 Å². The lowest BCUT2D eigenvalue weighted by Crippen LogP contribution is -2.06. The van der Waals surface area contributed by atoms with E-state index in [9.17, 15) is 9.18 Å². The number of nitrogens with zero attached hydrogens (tertiary/aromatic N) is 2. The molecule has 132 valence electrons. The molecule has 0 fully saturated rings. The largest absolute Gasteiger partial charge is 0.478 e. The van der Waals surface area contributed by atoms with Gasteiger partial charge in [0.05, 0.1) is 11.3 Å². The van der Waals surface area contributed by atoms with Crippen molar-refractivity contribution < 1.29 is 14.3 Å². The van der Waals surface area contributed by atoms with Crippen LogP contribution in [0, 0.1) is 5.82 Å². The topological polar surface area (TPSA) is 113 Å². The van der Waals surface area contributed by atoms with E-state index in [1.807, 2.05) is 0 Å². The van der Waals surface area contributed by atoms with Crippen molar-refractivity contribution in [3.63, 3.8) is 0 Å². The van der Waals surface area contributed by atoms with Gasteiger partial charge in [-0.15, -0.1) is 0 Å². The SMILES string of the molecule is Nc1c(Nc2ccc(C(=O)O)cc2)ncnc1Nc1ccc(Br)cc1F. The van der Waals surface area contributed by atoms with Crippen molar-refractivity contribution in [3.05, 3.63) is 64.6 Å². The van der Waals surface area contributed by atoms with Crippen LogP contribution in [0.2, 0.25) is 0 Å². The molecule has 0 aliphatic carbocycles. The summed E-state index contributed by atoms with van der Waals surface area (Å²) in [7, 11) is 0. The zero-order chi connectivity index (χ0) is 18.7. The minimum Gasteiger partial charge on any atom is -0.478 e. The Balaban J connectivity index is 1.83. The van der Waals surface area contributed by atoms with Crippen LogP contribution in [-0.4, -0.2) is 21.0 Å². The third-order valence-electron chi connectivity index (χ3n) is 3.46. The molecule has 0 aliphatic heterocycles. The third-order valence-corrected chi connectivity index (χ3v) is 3.96. The maximum atomic E-state index is 14.0. The number of carboxylic acid groups (broad SMARTS) is 1. The van der Waals surface area contributed by atoms with Crippen LogP contribution >= 0.6 is 15.9 Å². The molecule has 0 amide bonds. The molecular formula is C17H13BrFN5O2. The van der Waals surface area contributed by atoms with Crippen molar-refractivity contribution in [2.24, 2.45) is 0 Å². The Morgan fingerprint density at radius 3 is 2.35 bits per heavy atom. The fourth-order valence-electron chi connectivity index (χ4n) is 2.15. The van der Waals surface area contributed by atoms with E-state index in [0.717, 1.165) is 0 Å². The Labute approximate surface area is 156 Å². The number of halogens is 2. The Morgan fingerprint density at radius 2 is 1.73 bits per heavy atom. The van der Waals surface area contributed by atoms with E-state index in [1.54, 1.807) is 24.3 Å². The van der Waals surface area contributed by atoms with Crippen LogP contribution in [0.1, 0.15) is 10.4 Å². The number of benzene rings is 2. The summed E-state index contributed by atoms with van der Waals surface area (Å²) in [5.74, 6) is -0.925. The van der Waals surface area contributed by atoms with Gasteiger partial charge in [-0.1, -0.05) is 15.9 Å². The predicted molar refractivity (Wildman–Crippen MR) is 101 cm³/mol. The van der Waals surface area contributed by atoms with Gasteiger partial charge in [-0.3, -0.25) is 0 Å². The van der Waals surface area contributed by atoms with E-state index in [2.05, 4.69) is 36.5 Å². The predicted octanol–water partition coefficient (Wildman–Crippen LogP) is 4.15. The zero-order valence-corrected chi connectivity index (χ0v) is 14.8. The number of anilines is 5. The summed E-state index contributed by atoms with van der Waals surface area (Å²) in [5, 5.41) is 14.7. The van der Waals surface area contributed by atoms with Gasteiger partial charge in [-0.05, 0) is 42.5 Å². The number of nitrogen functional groups attached to an aromatic ring is 1. The number of rotatable bonds is 5. The highest BCUT2D eigenvalue weighted by Crippen LogP contribution is 2.29. The molecule has 26 heavy (non-hydrogen) atoms. The lowest BCUT2D eigenvalue weighted by Gasteiger charge is -2.13. The number of hydrogen-bond acceptors (Lipinski definition) is 6. The van der Waals surface area contributed by atoms with E-state index in [1.165, 1.54) is 24.5 Å². The maximum Gasteiger partial charge on any atom is 0.335 e. The molecular weight excluding hydrogens is 405 g/mol. The Hall–Kier alpha value is -3.20. The molecule has 3 rings (SSSR count). The fraction of sp³-hybridized carbons (Fsp3) is 0. The molecule has 3 aromatic rings. The summed E-state index contributed by atoms with van der Waals surface area (Å²) < 4.78 is 14.6. The summed E-state index contributed by atoms with van der Waals surface area (Å²) in [5.41, 5.74) is 7.24. The maximum absolute atomic E-state index is 14.0. The van der Waals surface area contributed by atoms with Crippen molar-refractivity contribution in [2.75, 3.05) is 16.4 Å². The highest BCUT2D eigenvalue weighted by molar-refractivity contribution is 9.10. The molecule has 0 unspecified atom stereocenters. The first-order valence-electron chi connectivity index (χ1n) is 7.37. The number of aromatic carboxylic acids is 1. The van der Waals surface area contributed by atoms with Crippen LogP contribution in [-0.2, 0) is 0 Å². The lowest BCUT2D eigenvalue weighted by molar-refractivity contribution is 0.0697. The summed E-state index contributed by atoms with van der Waals surface area (Å²) in [6.45, 7) is 0. The van der Waals surface area contributed by atoms with Crippen LogP contribution < -0.4 is 16.4 Å². The van der Waals surface area contributed by atoms with E-state index >= 15 is 0 Å². The van der Waals surface area contributed by atoms with Gasteiger partial charge < -0.3 is 21.5 Å². The average molecular weight is 418 g/mol. The second-order valence-corrected chi connectivity index (χ2v) is 6.16. The molecule has 9 heteroatoms. The van der Waals surface area contributed by atoms with E-state index in [0.29, 0.717) is 16.0 Å². The first-order chi connectivity index (χ1) is 12.4. The molecule has 1 heterocycles. The number of carboxylic acids is 1. The van der Waals surface area contributed by atoms with Crippen molar-refractivity contribution in [1.29, 1.82) is 0 Å². The van der Waals surface area contributed by atoms with Crippen molar-refractivity contribution in [3.8, 4) is 0 Å². The van der Waals surface area contributed by atoms with Gasteiger partial charge in [0.1, 0.15) is 17.8 Å². The summed E-state index contributed by atoms with van der Waals surface area (Å²) >= 11 is 3.19. The molecule has 7 nitrogen and oxygen atoms in total. The first-order valence-corrected chi connectivity index (χ1v) is 8.16. The molecule has 0 bridgehead atoms. The Kier molecular flexibility index (Phi) is 4.99. The smallest absolute Gasteiger partial charge is 0.335 e. The van der Waals surface area contributed by atoms with Gasteiger partial charge >= 0.3 is 5.97 Å². The molecule has 0 atom stereocenters. The molecule has 5 N–H and O–H groups in total. The third kappa shape index (κ3) is 3.89. The van der Waals surface area contributed by atoms with Crippen molar-refractivity contribution in [1.82, 2.24) is 9.97 Å². The van der Waals surface area contributed by atoms with Crippen molar-refractivity contribution >= 4 is 50.6 Å². The lowest BCUT2D eigenvalue weighted by atomic mass is 10.2. The van der Waals surface area contributed by atoms with Gasteiger partial charge in [0.2, 0.25) is 0 Å². The number of hydrogen-bond donors (Lipinski definition) is 4. The molecule has 1 aromatic heterocycles. The van der Waals surface area contributed by atoms with Gasteiger partial charge in [0.15, 0.2) is 11.6 Å². The normalized spacial score (nSPS) is 10.4. The highest BCUT2D eigenvalue weighted by Gasteiger charge is 2.11. The number of nitrogens with two attached hydrogens (primary N) is 1. The molecule has 0 saturated heterocycles. The van der Waals surface area contributed by atoms with Gasteiger partial charge in [0.25, 0.3) is 0 Å². The van der Waals surface area contributed by atoms with Crippen LogP contribution in [0.4, 0.5) is 33.1 Å².